The number of pyridine rings is 1. The first-order valence-electron chi connectivity index (χ1n) is 10.4. The molecule has 0 saturated heterocycles. The fourth-order valence-electron chi connectivity index (χ4n) is 3.81. The standard InChI is InChI=1S/C23H18Cl2FN5O2S2/c24-16-8-19-15(12-31(22(19)28-10-16)35(32,33)18-4-2-1-3-5-18)7-20-21(25)29-23(34-20)30-11-14(9-27)6-17(26)13-30/h1-6,8,10,12-13H,7,9,11,27H2. The molecular weight excluding hydrogens is 532 g/mol. The second-order valence-electron chi connectivity index (χ2n) is 7.83. The summed E-state index contributed by atoms with van der Waals surface area (Å²) in [5.41, 5.74) is 7.34. The zero-order valence-electron chi connectivity index (χ0n) is 18.0. The zero-order valence-corrected chi connectivity index (χ0v) is 21.2. The lowest BCUT2D eigenvalue weighted by atomic mass is 10.1. The molecule has 0 amide bonds. The number of rotatable bonds is 6. The van der Waals surface area contributed by atoms with Crippen LogP contribution in [-0.4, -0.2) is 35.4 Å². The van der Waals surface area contributed by atoms with Crippen molar-refractivity contribution >= 4 is 60.7 Å². The Labute approximate surface area is 215 Å². The summed E-state index contributed by atoms with van der Waals surface area (Å²) >= 11 is 13.9. The number of hydrogen-bond acceptors (Lipinski definition) is 7. The SMILES string of the molecule is NCC1=CC(F)=CN(c2nc(Cl)c(Cc3cn(S(=O)(=O)c4ccccc4)c4ncc(Cl)cc34)s2)C1. The Balaban J connectivity index is 1.55. The molecule has 1 aliphatic heterocycles. The van der Waals surface area contributed by atoms with Gasteiger partial charge in [0.15, 0.2) is 10.8 Å². The zero-order chi connectivity index (χ0) is 24.7. The Hall–Kier alpha value is -2.76. The van der Waals surface area contributed by atoms with Gasteiger partial charge in [-0.1, -0.05) is 52.7 Å². The van der Waals surface area contributed by atoms with Crippen molar-refractivity contribution < 1.29 is 12.8 Å². The number of benzene rings is 1. The van der Waals surface area contributed by atoms with Gasteiger partial charge in [-0.3, -0.25) is 0 Å². The molecule has 0 atom stereocenters. The van der Waals surface area contributed by atoms with Crippen LogP contribution in [0.5, 0.6) is 0 Å². The van der Waals surface area contributed by atoms with E-state index in [1.807, 2.05) is 0 Å². The van der Waals surface area contributed by atoms with E-state index in [4.69, 9.17) is 28.9 Å². The summed E-state index contributed by atoms with van der Waals surface area (Å²) in [7, 11) is -3.90. The third-order valence-electron chi connectivity index (χ3n) is 5.45. The van der Waals surface area contributed by atoms with E-state index < -0.39 is 15.9 Å². The molecule has 0 bridgehead atoms. The normalized spacial score (nSPS) is 14.3. The molecule has 0 aliphatic carbocycles. The lowest BCUT2D eigenvalue weighted by Gasteiger charge is -2.22. The molecule has 1 aliphatic rings. The van der Waals surface area contributed by atoms with Gasteiger partial charge in [0, 0.05) is 43.5 Å². The number of allylic oxidation sites excluding steroid dienone is 2. The molecule has 0 fully saturated rings. The van der Waals surface area contributed by atoms with Crippen LogP contribution in [0.25, 0.3) is 11.0 Å². The minimum absolute atomic E-state index is 0.140. The highest BCUT2D eigenvalue weighted by Crippen LogP contribution is 2.36. The van der Waals surface area contributed by atoms with Crippen LogP contribution < -0.4 is 10.6 Å². The van der Waals surface area contributed by atoms with E-state index in [2.05, 4.69) is 9.97 Å². The molecule has 1 aromatic carbocycles. The topological polar surface area (TPSA) is 94.1 Å². The smallest absolute Gasteiger partial charge is 0.269 e. The number of nitrogens with zero attached hydrogens (tertiary/aromatic N) is 4. The van der Waals surface area contributed by atoms with Crippen molar-refractivity contribution in [2.75, 3.05) is 18.0 Å². The average molecular weight is 550 g/mol. The van der Waals surface area contributed by atoms with E-state index in [9.17, 15) is 12.8 Å². The van der Waals surface area contributed by atoms with Gasteiger partial charge in [-0.05, 0) is 35.4 Å². The van der Waals surface area contributed by atoms with Gasteiger partial charge in [0.2, 0.25) is 0 Å². The minimum atomic E-state index is -3.90. The molecule has 0 saturated carbocycles. The van der Waals surface area contributed by atoms with Crippen LogP contribution in [0.3, 0.4) is 0 Å². The van der Waals surface area contributed by atoms with Crippen LogP contribution in [0.1, 0.15) is 10.4 Å². The summed E-state index contributed by atoms with van der Waals surface area (Å²) in [5.74, 6) is -0.417. The van der Waals surface area contributed by atoms with Crippen molar-refractivity contribution in [3.05, 3.63) is 93.1 Å². The maximum Gasteiger partial charge on any atom is 0.269 e. The van der Waals surface area contributed by atoms with Gasteiger partial charge in [0.25, 0.3) is 10.0 Å². The molecular formula is C23H18Cl2FN5O2S2. The fraction of sp³-hybridized carbons (Fsp3) is 0.130. The van der Waals surface area contributed by atoms with E-state index in [1.165, 1.54) is 48.1 Å². The lowest BCUT2D eigenvalue weighted by molar-refractivity contribution is 0.588. The Kier molecular flexibility index (Phi) is 6.41. The van der Waals surface area contributed by atoms with E-state index in [0.29, 0.717) is 32.5 Å². The molecule has 5 rings (SSSR count). The van der Waals surface area contributed by atoms with Gasteiger partial charge < -0.3 is 10.6 Å². The number of halogens is 3. The molecule has 35 heavy (non-hydrogen) atoms. The molecule has 180 valence electrons. The summed E-state index contributed by atoms with van der Waals surface area (Å²) in [4.78, 5) is 11.2. The van der Waals surface area contributed by atoms with Crippen molar-refractivity contribution in [3.8, 4) is 0 Å². The number of anilines is 1. The lowest BCUT2D eigenvalue weighted by Crippen LogP contribution is -2.25. The first-order chi connectivity index (χ1) is 16.8. The van der Waals surface area contributed by atoms with E-state index >= 15 is 0 Å². The molecule has 0 unspecified atom stereocenters. The summed E-state index contributed by atoms with van der Waals surface area (Å²) in [6.45, 7) is 0.633. The minimum Gasteiger partial charge on any atom is -0.327 e. The van der Waals surface area contributed by atoms with E-state index in [1.54, 1.807) is 29.2 Å². The van der Waals surface area contributed by atoms with Gasteiger partial charge in [0.05, 0.1) is 14.8 Å². The van der Waals surface area contributed by atoms with Crippen molar-refractivity contribution in [2.24, 2.45) is 5.73 Å². The highest BCUT2D eigenvalue weighted by molar-refractivity contribution is 7.90. The Morgan fingerprint density at radius 3 is 2.71 bits per heavy atom. The summed E-state index contributed by atoms with van der Waals surface area (Å²) in [5, 5.41) is 1.72. The molecule has 4 heterocycles. The molecule has 0 spiro atoms. The predicted octanol–water partition coefficient (Wildman–Crippen LogP) is 5.14. The van der Waals surface area contributed by atoms with Gasteiger partial charge in [-0.15, -0.1) is 0 Å². The largest absolute Gasteiger partial charge is 0.327 e. The maximum absolute atomic E-state index is 14.0. The van der Waals surface area contributed by atoms with E-state index in [0.717, 1.165) is 9.55 Å². The van der Waals surface area contributed by atoms with Crippen molar-refractivity contribution in [3.63, 3.8) is 0 Å². The predicted molar refractivity (Wildman–Crippen MR) is 137 cm³/mol. The first-order valence-corrected chi connectivity index (χ1v) is 13.4. The second-order valence-corrected chi connectivity index (χ2v) is 11.5. The van der Waals surface area contributed by atoms with Crippen molar-refractivity contribution in [2.45, 2.75) is 11.3 Å². The van der Waals surface area contributed by atoms with Gasteiger partial charge in [-0.2, -0.15) is 0 Å². The van der Waals surface area contributed by atoms with Crippen LogP contribution >= 0.6 is 34.5 Å². The monoisotopic (exact) mass is 549 g/mol. The number of aromatic nitrogens is 3. The van der Waals surface area contributed by atoms with Crippen molar-refractivity contribution in [1.29, 1.82) is 0 Å². The van der Waals surface area contributed by atoms with Gasteiger partial charge >= 0.3 is 0 Å². The fourth-order valence-corrected chi connectivity index (χ4v) is 6.60. The van der Waals surface area contributed by atoms with E-state index in [-0.39, 0.29) is 28.7 Å². The third-order valence-corrected chi connectivity index (χ3v) is 8.84. The second kappa shape index (κ2) is 9.36. The highest BCUT2D eigenvalue weighted by Gasteiger charge is 2.24. The number of thiazole rings is 1. The van der Waals surface area contributed by atoms with Crippen LogP contribution in [-0.2, 0) is 16.4 Å². The molecule has 0 radical (unpaired) electrons. The average Bonchev–Trinajstić information content (AvgIpc) is 3.40. The third kappa shape index (κ3) is 4.60. The molecule has 4 aromatic rings. The van der Waals surface area contributed by atoms with Gasteiger partial charge in [-0.25, -0.2) is 26.7 Å². The van der Waals surface area contributed by atoms with Crippen LogP contribution in [0.2, 0.25) is 10.2 Å². The molecule has 2 N–H and O–H groups in total. The Morgan fingerprint density at radius 2 is 1.97 bits per heavy atom. The number of hydrogen-bond donors (Lipinski definition) is 1. The number of fused-ring (bicyclic) bond motifs is 1. The maximum atomic E-state index is 14.0. The van der Waals surface area contributed by atoms with Crippen LogP contribution in [0.15, 0.2) is 77.4 Å². The molecule has 3 aromatic heterocycles. The summed E-state index contributed by atoms with van der Waals surface area (Å²) in [6, 6.07) is 9.79. The molecule has 7 nitrogen and oxygen atoms in total. The Bertz CT molecular complexity index is 1600. The van der Waals surface area contributed by atoms with Crippen molar-refractivity contribution in [1.82, 2.24) is 13.9 Å². The highest BCUT2D eigenvalue weighted by atomic mass is 35.5. The molecule has 12 heteroatoms. The number of nitrogens with two attached hydrogens (primary N) is 1. The van der Waals surface area contributed by atoms with Crippen LogP contribution in [0, 0.1) is 0 Å². The van der Waals surface area contributed by atoms with Gasteiger partial charge in [0.1, 0.15) is 11.0 Å². The summed E-state index contributed by atoms with van der Waals surface area (Å²) in [6.07, 6.45) is 5.97. The quantitative estimate of drug-likeness (QED) is 0.357. The summed E-state index contributed by atoms with van der Waals surface area (Å²) < 4.78 is 41.9. The van der Waals surface area contributed by atoms with Crippen LogP contribution in [0.4, 0.5) is 9.52 Å². The Morgan fingerprint density at radius 1 is 1.20 bits per heavy atom. The first kappa shape index (κ1) is 24.0.